The zero-order valence-corrected chi connectivity index (χ0v) is 13.1. The summed E-state index contributed by atoms with van der Waals surface area (Å²) >= 11 is 0. The van der Waals surface area contributed by atoms with E-state index < -0.39 is 0 Å². The van der Waals surface area contributed by atoms with E-state index in [-0.39, 0.29) is 17.8 Å². The van der Waals surface area contributed by atoms with Crippen LogP contribution in [0.2, 0.25) is 0 Å². The number of rotatable bonds is 4. The molecule has 2 aliphatic heterocycles. The van der Waals surface area contributed by atoms with Crippen molar-refractivity contribution in [3.8, 4) is 0 Å². The van der Waals surface area contributed by atoms with Crippen LogP contribution in [0.25, 0.3) is 0 Å². The SMILES string of the molecule is CNC(=O)[C@H]1CCCN1Cc1c(F)cccc1N1CCCC1. The van der Waals surface area contributed by atoms with Crippen molar-refractivity contribution >= 4 is 11.6 Å². The summed E-state index contributed by atoms with van der Waals surface area (Å²) in [5, 5.41) is 2.72. The van der Waals surface area contributed by atoms with E-state index in [1.165, 1.54) is 18.9 Å². The molecule has 3 rings (SSSR count). The molecule has 1 N–H and O–H groups in total. The highest BCUT2D eigenvalue weighted by molar-refractivity contribution is 5.81. The number of carbonyl (C=O) groups excluding carboxylic acids is 1. The van der Waals surface area contributed by atoms with E-state index >= 15 is 0 Å². The fourth-order valence-corrected chi connectivity index (χ4v) is 3.64. The average Bonchev–Trinajstić information content (AvgIpc) is 3.20. The van der Waals surface area contributed by atoms with E-state index in [1.54, 1.807) is 13.1 Å². The molecule has 1 aromatic rings. The summed E-state index contributed by atoms with van der Waals surface area (Å²) < 4.78 is 14.4. The second-order valence-electron chi connectivity index (χ2n) is 6.17. The van der Waals surface area contributed by atoms with Crippen LogP contribution in [0.4, 0.5) is 10.1 Å². The van der Waals surface area contributed by atoms with Gasteiger partial charge in [0.1, 0.15) is 5.82 Å². The summed E-state index contributed by atoms with van der Waals surface area (Å²) in [5.41, 5.74) is 1.74. The van der Waals surface area contributed by atoms with Crippen LogP contribution in [0, 0.1) is 5.82 Å². The molecule has 0 saturated carbocycles. The topological polar surface area (TPSA) is 35.6 Å². The van der Waals surface area contributed by atoms with Gasteiger partial charge in [-0.15, -0.1) is 0 Å². The molecule has 0 bridgehead atoms. The monoisotopic (exact) mass is 305 g/mol. The molecule has 120 valence electrons. The van der Waals surface area contributed by atoms with Gasteiger partial charge in [0.2, 0.25) is 5.91 Å². The number of likely N-dealkylation sites (tertiary alicyclic amines) is 1. The maximum Gasteiger partial charge on any atom is 0.237 e. The number of hydrogen-bond acceptors (Lipinski definition) is 3. The highest BCUT2D eigenvalue weighted by Crippen LogP contribution is 2.30. The lowest BCUT2D eigenvalue weighted by Gasteiger charge is -2.27. The first-order valence-corrected chi connectivity index (χ1v) is 8.18. The fourth-order valence-electron chi connectivity index (χ4n) is 3.64. The van der Waals surface area contributed by atoms with Crippen molar-refractivity contribution in [1.29, 1.82) is 0 Å². The van der Waals surface area contributed by atoms with Gasteiger partial charge in [-0.05, 0) is 44.4 Å². The predicted octanol–water partition coefficient (Wildman–Crippen LogP) is 2.14. The zero-order chi connectivity index (χ0) is 15.5. The standard InChI is InChI=1S/C17H24FN3O/c1-19-17(22)16-8-5-11-21(16)12-13-14(18)6-4-7-15(13)20-9-2-3-10-20/h4,6-7,16H,2-3,5,8-12H2,1H3,(H,19,22)/t16-/m1/s1. The smallest absolute Gasteiger partial charge is 0.237 e. The molecule has 0 radical (unpaired) electrons. The van der Waals surface area contributed by atoms with E-state index in [4.69, 9.17) is 0 Å². The summed E-state index contributed by atoms with van der Waals surface area (Å²) in [6.07, 6.45) is 4.18. The van der Waals surface area contributed by atoms with Gasteiger partial charge in [0.05, 0.1) is 6.04 Å². The molecule has 2 saturated heterocycles. The third-order valence-electron chi connectivity index (χ3n) is 4.81. The Labute approximate surface area is 131 Å². The molecule has 2 aliphatic rings. The van der Waals surface area contributed by atoms with E-state index in [9.17, 15) is 9.18 Å². The van der Waals surface area contributed by atoms with Crippen molar-refractivity contribution < 1.29 is 9.18 Å². The summed E-state index contributed by atoms with van der Waals surface area (Å²) in [6, 6.07) is 5.19. The lowest BCUT2D eigenvalue weighted by molar-refractivity contribution is -0.125. The van der Waals surface area contributed by atoms with Crippen LogP contribution in [-0.4, -0.2) is 43.5 Å². The Morgan fingerprint density at radius 1 is 1.27 bits per heavy atom. The molecule has 1 atom stereocenters. The molecule has 4 nitrogen and oxygen atoms in total. The number of benzene rings is 1. The number of amides is 1. The maximum absolute atomic E-state index is 14.4. The molecule has 22 heavy (non-hydrogen) atoms. The number of carbonyl (C=O) groups is 1. The van der Waals surface area contributed by atoms with Crippen molar-refractivity contribution in [1.82, 2.24) is 10.2 Å². The summed E-state index contributed by atoms with van der Waals surface area (Å²) in [6.45, 7) is 3.35. The van der Waals surface area contributed by atoms with Gasteiger partial charge in [0, 0.05) is 37.9 Å². The van der Waals surface area contributed by atoms with Crippen molar-refractivity contribution in [2.75, 3.05) is 31.6 Å². The highest BCUT2D eigenvalue weighted by Gasteiger charge is 2.31. The zero-order valence-electron chi connectivity index (χ0n) is 13.1. The third-order valence-corrected chi connectivity index (χ3v) is 4.81. The Bertz CT molecular complexity index is 543. The number of anilines is 1. The Hall–Kier alpha value is -1.62. The Morgan fingerprint density at radius 3 is 2.77 bits per heavy atom. The Kier molecular flexibility index (Phi) is 4.62. The van der Waals surface area contributed by atoms with Gasteiger partial charge in [-0.2, -0.15) is 0 Å². The van der Waals surface area contributed by atoms with Gasteiger partial charge in [0.25, 0.3) is 0 Å². The lowest BCUT2D eigenvalue weighted by Crippen LogP contribution is -2.41. The molecule has 0 unspecified atom stereocenters. The van der Waals surface area contributed by atoms with Crippen molar-refractivity contribution in [2.45, 2.75) is 38.3 Å². The molecule has 2 heterocycles. The molecule has 0 spiro atoms. The minimum absolute atomic E-state index is 0.0385. The van der Waals surface area contributed by atoms with Gasteiger partial charge < -0.3 is 10.2 Å². The van der Waals surface area contributed by atoms with Crippen LogP contribution in [0.3, 0.4) is 0 Å². The molecule has 1 aromatic carbocycles. The fraction of sp³-hybridized carbons (Fsp3) is 0.588. The van der Waals surface area contributed by atoms with Gasteiger partial charge in [0.15, 0.2) is 0 Å². The van der Waals surface area contributed by atoms with Crippen LogP contribution < -0.4 is 10.2 Å². The van der Waals surface area contributed by atoms with Crippen LogP contribution >= 0.6 is 0 Å². The summed E-state index contributed by atoms with van der Waals surface area (Å²) in [4.78, 5) is 16.4. The molecule has 2 fully saturated rings. The maximum atomic E-state index is 14.4. The molecule has 0 aliphatic carbocycles. The first-order valence-electron chi connectivity index (χ1n) is 8.18. The van der Waals surface area contributed by atoms with E-state index in [2.05, 4.69) is 15.1 Å². The van der Waals surface area contributed by atoms with E-state index in [0.29, 0.717) is 6.54 Å². The average molecular weight is 305 g/mol. The normalized spacial score (nSPS) is 22.3. The van der Waals surface area contributed by atoms with Gasteiger partial charge in [-0.1, -0.05) is 6.07 Å². The second-order valence-corrected chi connectivity index (χ2v) is 6.17. The van der Waals surface area contributed by atoms with E-state index in [0.717, 1.165) is 43.7 Å². The number of halogens is 1. The number of nitrogens with zero attached hydrogens (tertiary/aromatic N) is 2. The Morgan fingerprint density at radius 2 is 2.05 bits per heavy atom. The second kappa shape index (κ2) is 6.65. The van der Waals surface area contributed by atoms with Crippen molar-refractivity contribution in [3.63, 3.8) is 0 Å². The number of likely N-dealkylation sites (N-methyl/N-ethyl adjacent to an activating group) is 1. The molecule has 0 aromatic heterocycles. The van der Waals surface area contributed by atoms with Crippen LogP contribution in [0.15, 0.2) is 18.2 Å². The predicted molar refractivity (Wildman–Crippen MR) is 85.3 cm³/mol. The van der Waals surface area contributed by atoms with Crippen LogP contribution in [-0.2, 0) is 11.3 Å². The first-order chi connectivity index (χ1) is 10.7. The van der Waals surface area contributed by atoms with Crippen LogP contribution in [0.5, 0.6) is 0 Å². The van der Waals surface area contributed by atoms with Crippen molar-refractivity contribution in [3.05, 3.63) is 29.6 Å². The quantitative estimate of drug-likeness (QED) is 0.926. The number of nitrogens with one attached hydrogen (secondary N) is 1. The third kappa shape index (κ3) is 2.95. The Balaban J connectivity index is 1.83. The summed E-state index contributed by atoms with van der Waals surface area (Å²) in [7, 11) is 1.66. The summed E-state index contributed by atoms with van der Waals surface area (Å²) in [5.74, 6) is -0.122. The molecule has 1 amide bonds. The first kappa shape index (κ1) is 15.3. The van der Waals surface area contributed by atoms with Gasteiger partial charge in [-0.25, -0.2) is 4.39 Å². The molecule has 5 heteroatoms. The molecular formula is C17H24FN3O. The highest BCUT2D eigenvalue weighted by atomic mass is 19.1. The molecular weight excluding hydrogens is 281 g/mol. The van der Waals surface area contributed by atoms with Gasteiger partial charge >= 0.3 is 0 Å². The largest absolute Gasteiger partial charge is 0.371 e. The minimum Gasteiger partial charge on any atom is -0.371 e. The lowest BCUT2D eigenvalue weighted by atomic mass is 10.1. The van der Waals surface area contributed by atoms with Crippen LogP contribution in [0.1, 0.15) is 31.2 Å². The van der Waals surface area contributed by atoms with Gasteiger partial charge in [-0.3, -0.25) is 9.69 Å². The number of hydrogen-bond donors (Lipinski definition) is 1. The van der Waals surface area contributed by atoms with Crippen molar-refractivity contribution in [2.24, 2.45) is 0 Å². The minimum atomic E-state index is -0.160. The van der Waals surface area contributed by atoms with E-state index in [1.807, 2.05) is 6.07 Å².